The third kappa shape index (κ3) is 5.67. The lowest BCUT2D eigenvalue weighted by molar-refractivity contribution is -0.645. The maximum Gasteiger partial charge on any atom is 0.215 e. The van der Waals surface area contributed by atoms with E-state index in [1.54, 1.807) is 0 Å². The first-order valence-electron chi connectivity index (χ1n) is 10.3. The van der Waals surface area contributed by atoms with Crippen LogP contribution in [0.15, 0.2) is 47.6 Å². The average molecular weight is 518 g/mol. The predicted molar refractivity (Wildman–Crippen MR) is 123 cm³/mol. The summed E-state index contributed by atoms with van der Waals surface area (Å²) in [5.41, 5.74) is 13.4. The number of halogens is 1. The third-order valence-corrected chi connectivity index (χ3v) is 5.41. The van der Waals surface area contributed by atoms with Crippen molar-refractivity contribution in [2.24, 2.45) is 5.11 Å². The van der Waals surface area contributed by atoms with E-state index >= 15 is 0 Å². The zero-order chi connectivity index (χ0) is 20.8. The fourth-order valence-corrected chi connectivity index (χ4v) is 3.72. The van der Waals surface area contributed by atoms with Crippen molar-refractivity contribution < 1.29 is 28.5 Å². The van der Waals surface area contributed by atoms with Crippen LogP contribution in [-0.2, 0) is 6.54 Å². The number of rotatable bonds is 9. The van der Waals surface area contributed by atoms with E-state index < -0.39 is 0 Å². The number of hydrogen-bond donors (Lipinski definition) is 0. The maximum atomic E-state index is 8.39. The molecule has 0 N–H and O–H groups in total. The first-order valence-corrected chi connectivity index (χ1v) is 10.3. The molecule has 0 radical (unpaired) electrons. The van der Waals surface area contributed by atoms with E-state index in [9.17, 15) is 0 Å². The topological polar surface area (TPSA) is 59.1 Å². The molecule has 0 bridgehead atoms. The Balaban J connectivity index is 0.00000320. The summed E-state index contributed by atoms with van der Waals surface area (Å²) in [6.07, 6.45) is 4.29. The molecule has 0 aliphatic heterocycles. The molecule has 30 heavy (non-hydrogen) atoms. The van der Waals surface area contributed by atoms with Gasteiger partial charge in [-0.25, -0.2) is 0 Å². The first-order chi connectivity index (χ1) is 14.0. The zero-order valence-electron chi connectivity index (χ0n) is 18.3. The first kappa shape index (κ1) is 24.0. The van der Waals surface area contributed by atoms with Crippen LogP contribution in [0.2, 0.25) is 0 Å². The molecule has 3 rings (SSSR count). The summed E-state index contributed by atoms with van der Waals surface area (Å²) in [5, 5.41) is 6.16. The van der Waals surface area contributed by atoms with Crippen molar-refractivity contribution in [2.75, 3.05) is 44.5 Å². The summed E-state index contributed by atoms with van der Waals surface area (Å²) in [7, 11) is 8.34. The molecule has 0 saturated carbocycles. The fraction of sp³-hybridized carbons (Fsp3) is 0.435. The second-order valence-corrected chi connectivity index (χ2v) is 7.94. The van der Waals surface area contributed by atoms with Gasteiger partial charge in [0, 0.05) is 80.3 Å². The van der Waals surface area contributed by atoms with E-state index in [-0.39, 0.29) is 24.0 Å². The molecule has 2 aromatic carbocycles. The molecule has 0 fully saturated rings. The number of fused-ring (bicyclic) bond motifs is 2. The van der Waals surface area contributed by atoms with Crippen LogP contribution in [0.1, 0.15) is 25.7 Å². The standard InChI is InChI=1S/C23H31N6.HI/c1-27(2)20-11-9-18-15-19-10-12-21(28(3)4)17-23(19)29(22(18)16-20)14-8-6-5-7-13-25-26-24;/h9-12,15-17H,5-8,13-14H2,1-4H3;1H/q+1;/p-1. The van der Waals surface area contributed by atoms with Crippen LogP contribution in [0.5, 0.6) is 0 Å². The van der Waals surface area contributed by atoms with Gasteiger partial charge in [0.2, 0.25) is 11.0 Å². The number of aromatic nitrogens is 1. The summed E-state index contributed by atoms with van der Waals surface area (Å²) in [5.74, 6) is 0. The average Bonchev–Trinajstić information content (AvgIpc) is 2.71. The number of hydrogen-bond acceptors (Lipinski definition) is 3. The number of nitrogens with zero attached hydrogens (tertiary/aromatic N) is 6. The van der Waals surface area contributed by atoms with E-state index in [0.29, 0.717) is 6.54 Å². The van der Waals surface area contributed by atoms with Crippen LogP contribution in [0.25, 0.3) is 32.2 Å². The normalized spacial score (nSPS) is 10.5. The Labute approximate surface area is 196 Å². The van der Waals surface area contributed by atoms with Gasteiger partial charge in [0.05, 0.1) is 0 Å². The summed E-state index contributed by atoms with van der Waals surface area (Å²) >= 11 is 0. The maximum absolute atomic E-state index is 8.39. The minimum absolute atomic E-state index is 0. The van der Waals surface area contributed by atoms with Crippen LogP contribution < -0.4 is 38.3 Å². The molecular weight excluding hydrogens is 487 g/mol. The zero-order valence-corrected chi connectivity index (χ0v) is 20.5. The van der Waals surface area contributed by atoms with E-state index in [1.807, 2.05) is 0 Å². The van der Waals surface area contributed by atoms with Crippen molar-refractivity contribution in [1.29, 1.82) is 0 Å². The summed E-state index contributed by atoms with van der Waals surface area (Å²) in [4.78, 5) is 7.13. The van der Waals surface area contributed by atoms with Gasteiger partial charge in [-0.1, -0.05) is 11.5 Å². The Kier molecular flexibility index (Phi) is 8.99. The van der Waals surface area contributed by atoms with E-state index in [1.165, 1.54) is 33.2 Å². The number of azide groups is 1. The summed E-state index contributed by atoms with van der Waals surface area (Å²) in [6.45, 7) is 1.57. The van der Waals surface area contributed by atoms with Crippen molar-refractivity contribution in [3.63, 3.8) is 0 Å². The molecule has 0 aliphatic rings. The molecule has 0 saturated heterocycles. The number of benzene rings is 2. The number of anilines is 2. The van der Waals surface area contributed by atoms with Crippen molar-refractivity contribution >= 4 is 33.2 Å². The second-order valence-electron chi connectivity index (χ2n) is 7.94. The van der Waals surface area contributed by atoms with Crippen molar-refractivity contribution in [2.45, 2.75) is 32.2 Å². The molecule has 1 aromatic heterocycles. The van der Waals surface area contributed by atoms with Gasteiger partial charge in [0.15, 0.2) is 0 Å². The molecule has 0 atom stereocenters. The lowest BCUT2D eigenvalue weighted by Gasteiger charge is -2.15. The number of pyridine rings is 1. The molecule has 7 heteroatoms. The van der Waals surface area contributed by atoms with Crippen LogP contribution in [-0.4, -0.2) is 34.7 Å². The molecule has 0 amide bonds. The van der Waals surface area contributed by atoms with Crippen molar-refractivity contribution in [3.05, 3.63) is 52.9 Å². The molecule has 3 aromatic rings. The highest BCUT2D eigenvalue weighted by Crippen LogP contribution is 2.25. The van der Waals surface area contributed by atoms with E-state index in [2.05, 4.69) is 95.0 Å². The summed E-state index contributed by atoms with van der Waals surface area (Å²) < 4.78 is 2.47. The SMILES string of the molecule is CN(C)c1ccc2cc3ccc(N(C)C)cc3[n+](CCCCCCN=[N+]=[N-])c2c1.[I-]. The minimum Gasteiger partial charge on any atom is -1.00 e. The highest BCUT2D eigenvalue weighted by molar-refractivity contribution is 5.91. The Hall–Kier alpha value is -2.25. The molecule has 0 spiro atoms. The van der Waals surface area contributed by atoms with Gasteiger partial charge in [-0.2, -0.15) is 4.57 Å². The second kappa shape index (κ2) is 11.2. The van der Waals surface area contributed by atoms with E-state index in [4.69, 9.17) is 5.53 Å². The van der Waals surface area contributed by atoms with Gasteiger partial charge in [-0.3, -0.25) is 0 Å². The Morgan fingerprint density at radius 1 is 0.800 bits per heavy atom. The molecule has 160 valence electrons. The Morgan fingerprint density at radius 3 is 1.83 bits per heavy atom. The third-order valence-electron chi connectivity index (χ3n) is 5.41. The molecular formula is C23H31IN6. The lowest BCUT2D eigenvalue weighted by Crippen LogP contribution is -3.00. The smallest absolute Gasteiger partial charge is 0.215 e. The largest absolute Gasteiger partial charge is 1.00 e. The predicted octanol–water partition coefficient (Wildman–Crippen LogP) is 2.29. The summed E-state index contributed by atoms with van der Waals surface area (Å²) in [6, 6.07) is 15.7. The van der Waals surface area contributed by atoms with Gasteiger partial charge >= 0.3 is 0 Å². The minimum atomic E-state index is 0. The highest BCUT2D eigenvalue weighted by atomic mass is 127. The van der Waals surface area contributed by atoms with Gasteiger partial charge in [0.25, 0.3) is 0 Å². The van der Waals surface area contributed by atoms with Gasteiger partial charge in [0.1, 0.15) is 6.54 Å². The van der Waals surface area contributed by atoms with Crippen LogP contribution in [0.3, 0.4) is 0 Å². The van der Waals surface area contributed by atoms with Crippen molar-refractivity contribution in [1.82, 2.24) is 0 Å². The molecule has 0 aliphatic carbocycles. The van der Waals surface area contributed by atoms with Gasteiger partial charge < -0.3 is 33.8 Å². The van der Waals surface area contributed by atoms with Gasteiger partial charge in [-0.15, -0.1) is 0 Å². The quantitative estimate of drug-likeness (QED) is 0.0831. The Morgan fingerprint density at radius 2 is 1.33 bits per heavy atom. The fourth-order valence-electron chi connectivity index (χ4n) is 3.72. The van der Waals surface area contributed by atoms with Gasteiger partial charge in [-0.05, 0) is 48.7 Å². The monoisotopic (exact) mass is 518 g/mol. The van der Waals surface area contributed by atoms with Crippen molar-refractivity contribution in [3.8, 4) is 0 Å². The number of aryl methyl sites for hydroxylation is 1. The highest BCUT2D eigenvalue weighted by Gasteiger charge is 2.17. The van der Waals surface area contributed by atoms with Crippen LogP contribution >= 0.6 is 0 Å². The molecule has 1 heterocycles. The number of unbranched alkanes of at least 4 members (excludes halogenated alkanes) is 3. The van der Waals surface area contributed by atoms with E-state index in [0.717, 1.165) is 32.2 Å². The molecule has 6 nitrogen and oxygen atoms in total. The molecule has 0 unspecified atom stereocenters. The Bertz CT molecular complexity index is 975. The lowest BCUT2D eigenvalue weighted by atomic mass is 10.1. The van der Waals surface area contributed by atoms with Crippen LogP contribution in [0.4, 0.5) is 11.4 Å². The van der Waals surface area contributed by atoms with Crippen LogP contribution in [0, 0.1) is 0 Å².